The lowest BCUT2D eigenvalue weighted by Gasteiger charge is -2.22. The first-order valence-electron chi connectivity index (χ1n) is 12.0. The van der Waals surface area contributed by atoms with Gasteiger partial charge in [-0.05, 0) is 68.4 Å². The van der Waals surface area contributed by atoms with Gasteiger partial charge in [-0.2, -0.15) is 0 Å². The smallest absolute Gasteiger partial charge is 0.135 e. The topological polar surface area (TPSA) is 9.23 Å². The Labute approximate surface area is 211 Å². The summed E-state index contributed by atoms with van der Waals surface area (Å²) in [7, 11) is 1.79. The summed E-state index contributed by atoms with van der Waals surface area (Å²) < 4.78 is 6.24. The van der Waals surface area contributed by atoms with E-state index in [9.17, 15) is 0 Å². The molecule has 0 radical (unpaired) electrons. The van der Waals surface area contributed by atoms with Gasteiger partial charge in [0.15, 0.2) is 0 Å². The van der Waals surface area contributed by atoms with Crippen LogP contribution >= 0.6 is 0 Å². The van der Waals surface area contributed by atoms with Crippen LogP contribution in [-0.4, -0.2) is 7.11 Å². The van der Waals surface area contributed by atoms with E-state index in [1.807, 2.05) is 0 Å². The van der Waals surface area contributed by atoms with Crippen molar-refractivity contribution in [2.45, 2.75) is 6.92 Å². The molecule has 0 aliphatic rings. The SMILES string of the molecule is COc1c(-c2ccccc2)cc2ccccc2c1-c1c(C)c(-c2ccccc2)cc2ccccc12.F. The molecule has 0 aliphatic heterocycles. The fraction of sp³-hybridized carbons (Fsp3) is 0.0588. The summed E-state index contributed by atoms with van der Waals surface area (Å²) in [6.45, 7) is 2.24. The third-order valence-corrected chi connectivity index (χ3v) is 6.93. The lowest BCUT2D eigenvalue weighted by atomic mass is 9.84. The quantitative estimate of drug-likeness (QED) is 0.249. The fourth-order valence-electron chi connectivity index (χ4n) is 5.31. The van der Waals surface area contributed by atoms with E-state index >= 15 is 0 Å². The second kappa shape index (κ2) is 9.67. The molecule has 0 saturated heterocycles. The summed E-state index contributed by atoms with van der Waals surface area (Å²) >= 11 is 0. The molecule has 176 valence electrons. The van der Waals surface area contributed by atoms with Crippen LogP contribution < -0.4 is 4.74 Å². The van der Waals surface area contributed by atoms with Crippen molar-refractivity contribution in [3.63, 3.8) is 0 Å². The molecule has 0 atom stereocenters. The Morgan fingerprint density at radius 3 is 1.50 bits per heavy atom. The van der Waals surface area contributed by atoms with Crippen molar-refractivity contribution in [1.82, 2.24) is 0 Å². The lowest BCUT2D eigenvalue weighted by Crippen LogP contribution is -1.98. The van der Waals surface area contributed by atoms with Gasteiger partial charge < -0.3 is 4.74 Å². The number of ether oxygens (including phenoxy) is 1. The summed E-state index contributed by atoms with van der Waals surface area (Å²) in [5, 5.41) is 4.86. The second-order valence-corrected chi connectivity index (χ2v) is 8.93. The Kier molecular flexibility index (Phi) is 6.26. The summed E-state index contributed by atoms with van der Waals surface area (Å²) in [5.41, 5.74) is 8.36. The molecule has 0 spiro atoms. The Morgan fingerprint density at radius 1 is 0.500 bits per heavy atom. The van der Waals surface area contributed by atoms with Gasteiger partial charge in [-0.25, -0.2) is 0 Å². The molecule has 0 unspecified atom stereocenters. The van der Waals surface area contributed by atoms with Crippen molar-refractivity contribution in [2.75, 3.05) is 7.11 Å². The van der Waals surface area contributed by atoms with Gasteiger partial charge in [0.05, 0.1) is 7.11 Å². The molecule has 6 rings (SSSR count). The molecule has 0 aliphatic carbocycles. The number of halogens is 1. The molecule has 0 fully saturated rings. The zero-order valence-corrected chi connectivity index (χ0v) is 20.4. The van der Waals surface area contributed by atoms with Gasteiger partial charge in [0.2, 0.25) is 0 Å². The molecule has 0 bridgehead atoms. The van der Waals surface area contributed by atoms with Crippen molar-refractivity contribution in [1.29, 1.82) is 0 Å². The third kappa shape index (κ3) is 3.81. The van der Waals surface area contributed by atoms with Crippen LogP contribution in [0.25, 0.3) is 54.9 Å². The van der Waals surface area contributed by atoms with Crippen LogP contribution in [0.2, 0.25) is 0 Å². The molecule has 0 amide bonds. The van der Waals surface area contributed by atoms with Crippen LogP contribution in [0.3, 0.4) is 0 Å². The minimum absolute atomic E-state index is 0. The summed E-state index contributed by atoms with van der Waals surface area (Å²) in [6, 6.07) is 43.1. The Bertz CT molecular complexity index is 1670. The van der Waals surface area contributed by atoms with E-state index in [0.29, 0.717) is 0 Å². The first-order chi connectivity index (χ1) is 17.3. The van der Waals surface area contributed by atoms with Crippen molar-refractivity contribution < 1.29 is 9.44 Å². The number of benzene rings is 6. The molecular formula is C34H27FO. The molecular weight excluding hydrogens is 443 g/mol. The van der Waals surface area contributed by atoms with E-state index in [4.69, 9.17) is 4.74 Å². The molecule has 1 nitrogen and oxygen atoms in total. The Hall–Kier alpha value is -4.43. The zero-order valence-electron chi connectivity index (χ0n) is 20.4. The number of rotatable bonds is 4. The van der Waals surface area contributed by atoms with E-state index in [2.05, 4.69) is 128 Å². The molecule has 6 aromatic carbocycles. The van der Waals surface area contributed by atoms with Gasteiger partial charge in [0.1, 0.15) is 5.75 Å². The van der Waals surface area contributed by atoms with E-state index in [1.54, 1.807) is 7.11 Å². The van der Waals surface area contributed by atoms with Crippen LogP contribution in [-0.2, 0) is 0 Å². The third-order valence-electron chi connectivity index (χ3n) is 6.93. The number of hydrogen-bond donors (Lipinski definition) is 0. The van der Waals surface area contributed by atoms with Gasteiger partial charge in [-0.3, -0.25) is 4.70 Å². The van der Waals surface area contributed by atoms with Crippen molar-refractivity contribution in [2.24, 2.45) is 0 Å². The Balaban J connectivity index is 0.00000267. The lowest BCUT2D eigenvalue weighted by molar-refractivity contribution is 0.418. The number of methoxy groups -OCH3 is 1. The highest BCUT2D eigenvalue weighted by atomic mass is 19.0. The van der Waals surface area contributed by atoms with Gasteiger partial charge in [0.25, 0.3) is 0 Å². The first-order valence-corrected chi connectivity index (χ1v) is 12.0. The number of hydrogen-bond acceptors (Lipinski definition) is 1. The Morgan fingerprint density at radius 2 is 0.944 bits per heavy atom. The molecule has 0 N–H and O–H groups in total. The first kappa shape index (κ1) is 23.3. The van der Waals surface area contributed by atoms with E-state index in [1.165, 1.54) is 43.8 Å². The normalized spacial score (nSPS) is 10.8. The van der Waals surface area contributed by atoms with Crippen LogP contribution in [0, 0.1) is 6.92 Å². The molecule has 0 heterocycles. The maximum Gasteiger partial charge on any atom is 0.135 e. The van der Waals surface area contributed by atoms with Gasteiger partial charge in [0, 0.05) is 11.1 Å². The predicted molar refractivity (Wildman–Crippen MR) is 152 cm³/mol. The molecule has 0 saturated carbocycles. The molecule has 0 aromatic heterocycles. The van der Waals surface area contributed by atoms with Crippen molar-refractivity contribution >= 4 is 21.5 Å². The van der Waals surface area contributed by atoms with Gasteiger partial charge in [-0.1, -0.05) is 109 Å². The zero-order chi connectivity index (χ0) is 23.8. The summed E-state index contributed by atoms with van der Waals surface area (Å²) in [4.78, 5) is 0. The maximum absolute atomic E-state index is 6.24. The van der Waals surface area contributed by atoms with Crippen LogP contribution in [0.15, 0.2) is 121 Å². The fourth-order valence-corrected chi connectivity index (χ4v) is 5.31. The minimum atomic E-state index is 0. The maximum atomic E-state index is 6.24. The second-order valence-electron chi connectivity index (χ2n) is 8.93. The van der Waals surface area contributed by atoms with E-state index in [-0.39, 0.29) is 4.70 Å². The standard InChI is InChI=1S/C34H26O.FH/c1-23-30(24-13-5-3-6-14-24)21-26-17-9-11-19-28(26)32(23)33-29-20-12-10-18-27(29)22-31(34(33)35-2)25-15-7-4-8-16-25;/h3-22H,1-2H3;1H. The van der Waals surface area contributed by atoms with Gasteiger partial charge >= 0.3 is 0 Å². The average molecular weight is 471 g/mol. The van der Waals surface area contributed by atoms with Crippen molar-refractivity contribution in [3.8, 4) is 39.1 Å². The highest BCUT2D eigenvalue weighted by Crippen LogP contribution is 2.48. The predicted octanol–water partition coefficient (Wildman–Crippen LogP) is 9.46. The highest BCUT2D eigenvalue weighted by Gasteiger charge is 2.22. The molecule has 6 aromatic rings. The average Bonchev–Trinajstić information content (AvgIpc) is 2.93. The minimum Gasteiger partial charge on any atom is -0.495 e. The van der Waals surface area contributed by atoms with Crippen LogP contribution in [0.4, 0.5) is 4.70 Å². The highest BCUT2D eigenvalue weighted by molar-refractivity contribution is 6.12. The number of fused-ring (bicyclic) bond motifs is 2. The van der Waals surface area contributed by atoms with E-state index < -0.39 is 0 Å². The summed E-state index contributed by atoms with van der Waals surface area (Å²) in [5.74, 6) is 0.911. The van der Waals surface area contributed by atoms with Crippen LogP contribution in [0.1, 0.15) is 5.56 Å². The van der Waals surface area contributed by atoms with Gasteiger partial charge in [-0.15, -0.1) is 0 Å². The summed E-state index contributed by atoms with van der Waals surface area (Å²) in [6.07, 6.45) is 0. The van der Waals surface area contributed by atoms with Crippen LogP contribution in [0.5, 0.6) is 5.75 Å². The largest absolute Gasteiger partial charge is 0.495 e. The monoisotopic (exact) mass is 470 g/mol. The van der Waals surface area contributed by atoms with Crippen molar-refractivity contribution in [3.05, 3.63) is 127 Å². The molecule has 2 heteroatoms. The van der Waals surface area contributed by atoms with E-state index in [0.717, 1.165) is 22.4 Å². The molecule has 36 heavy (non-hydrogen) atoms.